The van der Waals surface area contributed by atoms with Gasteiger partial charge >= 0.3 is 0 Å². The zero-order valence-electron chi connectivity index (χ0n) is 14.1. The minimum atomic E-state index is -0.532. The molecule has 9 heteroatoms. The van der Waals surface area contributed by atoms with Crippen molar-refractivity contribution in [3.63, 3.8) is 0 Å². The van der Waals surface area contributed by atoms with Gasteiger partial charge in [0.15, 0.2) is 10.8 Å². The number of pyridine rings is 1. The van der Waals surface area contributed by atoms with Crippen LogP contribution in [-0.4, -0.2) is 26.9 Å². The van der Waals surface area contributed by atoms with Crippen LogP contribution in [0.25, 0.3) is 10.2 Å². The number of amides is 2. The zero-order valence-corrected chi connectivity index (χ0v) is 14.9. The van der Waals surface area contributed by atoms with Crippen molar-refractivity contribution >= 4 is 44.3 Å². The number of hydrogen-bond acceptors (Lipinski definition) is 7. The van der Waals surface area contributed by atoms with Gasteiger partial charge in [0.05, 0.1) is 10.2 Å². The molecule has 0 saturated carbocycles. The van der Waals surface area contributed by atoms with Crippen molar-refractivity contribution in [1.29, 1.82) is 0 Å². The Morgan fingerprint density at radius 3 is 2.78 bits per heavy atom. The van der Waals surface area contributed by atoms with E-state index in [9.17, 15) is 9.59 Å². The first-order chi connectivity index (χ1) is 13.1. The van der Waals surface area contributed by atoms with Crippen molar-refractivity contribution in [3.8, 4) is 0 Å². The number of nitrogens with zero attached hydrogens (tertiary/aromatic N) is 3. The number of aryl methyl sites for hydroxylation is 1. The van der Waals surface area contributed by atoms with E-state index in [0.717, 1.165) is 15.8 Å². The third-order valence-electron chi connectivity index (χ3n) is 3.64. The standard InChI is InChI=1S/C18H13N5O3S/c1-10-5-6-11-14(8-10)27-18(20-11)22-17(25)13-9-12(23-26-13)16(24)21-15-4-2-3-7-19-15/h2-9H,1H3,(H,19,21,24)(H,20,22,25). The van der Waals surface area contributed by atoms with Gasteiger partial charge in [0.1, 0.15) is 5.82 Å². The van der Waals surface area contributed by atoms with E-state index in [4.69, 9.17) is 4.52 Å². The van der Waals surface area contributed by atoms with Crippen LogP contribution in [0.2, 0.25) is 0 Å². The Morgan fingerprint density at radius 1 is 1.07 bits per heavy atom. The smallest absolute Gasteiger partial charge is 0.296 e. The van der Waals surface area contributed by atoms with Crippen LogP contribution in [0.15, 0.2) is 53.2 Å². The van der Waals surface area contributed by atoms with Crippen LogP contribution >= 0.6 is 11.3 Å². The second-order valence-electron chi connectivity index (χ2n) is 5.69. The number of anilines is 2. The van der Waals surface area contributed by atoms with E-state index in [0.29, 0.717) is 10.9 Å². The minimum absolute atomic E-state index is 0.0225. The van der Waals surface area contributed by atoms with E-state index in [1.165, 1.54) is 17.4 Å². The molecule has 27 heavy (non-hydrogen) atoms. The summed E-state index contributed by atoms with van der Waals surface area (Å²) in [6, 6.07) is 12.2. The molecule has 3 aromatic heterocycles. The van der Waals surface area contributed by atoms with E-state index in [1.54, 1.807) is 24.4 Å². The maximum Gasteiger partial charge on any atom is 0.296 e. The Hall–Kier alpha value is -3.59. The van der Waals surface area contributed by atoms with E-state index in [2.05, 4.69) is 25.8 Å². The molecular weight excluding hydrogens is 366 g/mol. The third kappa shape index (κ3) is 3.67. The zero-order chi connectivity index (χ0) is 18.8. The van der Waals surface area contributed by atoms with Crippen LogP contribution in [0.3, 0.4) is 0 Å². The molecule has 8 nitrogen and oxygen atoms in total. The van der Waals surface area contributed by atoms with Gasteiger partial charge in [-0.05, 0) is 36.8 Å². The summed E-state index contributed by atoms with van der Waals surface area (Å²) in [5.74, 6) is -0.764. The highest BCUT2D eigenvalue weighted by molar-refractivity contribution is 7.22. The summed E-state index contributed by atoms with van der Waals surface area (Å²) < 4.78 is 5.95. The van der Waals surface area contributed by atoms with Crippen molar-refractivity contribution < 1.29 is 14.1 Å². The number of rotatable bonds is 4. The maximum atomic E-state index is 12.3. The van der Waals surface area contributed by atoms with Crippen LogP contribution in [0.4, 0.5) is 10.9 Å². The Bertz CT molecular complexity index is 1140. The Kier molecular flexibility index (Phi) is 4.35. The summed E-state index contributed by atoms with van der Waals surface area (Å²) in [5.41, 5.74) is 1.89. The van der Waals surface area contributed by atoms with Crippen molar-refractivity contribution in [2.24, 2.45) is 0 Å². The monoisotopic (exact) mass is 379 g/mol. The molecule has 134 valence electrons. The molecule has 3 heterocycles. The summed E-state index contributed by atoms with van der Waals surface area (Å²) in [6.45, 7) is 1.99. The van der Waals surface area contributed by atoms with Gasteiger partial charge in [-0.1, -0.05) is 28.6 Å². The van der Waals surface area contributed by atoms with Gasteiger partial charge in [-0.2, -0.15) is 0 Å². The number of thiazole rings is 1. The molecule has 0 aliphatic rings. The Balaban J connectivity index is 1.47. The number of hydrogen-bond donors (Lipinski definition) is 2. The molecule has 0 bridgehead atoms. The molecule has 0 aliphatic heterocycles. The van der Waals surface area contributed by atoms with Crippen molar-refractivity contribution in [3.05, 3.63) is 65.7 Å². The second-order valence-corrected chi connectivity index (χ2v) is 6.72. The first kappa shape index (κ1) is 16.9. The van der Waals surface area contributed by atoms with Gasteiger partial charge in [0.25, 0.3) is 11.8 Å². The average molecular weight is 379 g/mol. The SMILES string of the molecule is Cc1ccc2nc(NC(=O)c3cc(C(=O)Nc4ccccn4)no3)sc2c1. The van der Waals surface area contributed by atoms with Crippen LogP contribution in [0.5, 0.6) is 0 Å². The van der Waals surface area contributed by atoms with Gasteiger partial charge < -0.3 is 9.84 Å². The van der Waals surface area contributed by atoms with Gasteiger partial charge in [0, 0.05) is 12.3 Å². The van der Waals surface area contributed by atoms with E-state index in [1.807, 2.05) is 25.1 Å². The van der Waals surface area contributed by atoms with Gasteiger partial charge in [0.2, 0.25) is 5.76 Å². The molecule has 4 rings (SSSR count). The van der Waals surface area contributed by atoms with E-state index < -0.39 is 11.8 Å². The number of carbonyl (C=O) groups excluding carboxylic acids is 2. The predicted octanol–water partition coefficient (Wildman–Crippen LogP) is 3.49. The van der Waals surface area contributed by atoms with Crippen LogP contribution in [0.1, 0.15) is 26.6 Å². The number of benzene rings is 1. The minimum Gasteiger partial charge on any atom is -0.350 e. The van der Waals surface area contributed by atoms with Gasteiger partial charge in [-0.15, -0.1) is 0 Å². The van der Waals surface area contributed by atoms with Crippen LogP contribution in [-0.2, 0) is 0 Å². The lowest BCUT2D eigenvalue weighted by Gasteiger charge is -1.99. The summed E-state index contributed by atoms with van der Waals surface area (Å²) in [4.78, 5) is 32.8. The molecule has 0 spiro atoms. The molecule has 0 unspecified atom stereocenters. The predicted molar refractivity (Wildman–Crippen MR) is 101 cm³/mol. The highest BCUT2D eigenvalue weighted by atomic mass is 32.1. The Morgan fingerprint density at radius 2 is 1.96 bits per heavy atom. The van der Waals surface area contributed by atoms with Crippen molar-refractivity contribution in [2.75, 3.05) is 10.6 Å². The molecular formula is C18H13N5O3S. The molecule has 2 amide bonds. The number of carbonyl (C=O) groups is 2. The molecule has 0 fully saturated rings. The molecule has 0 radical (unpaired) electrons. The maximum absolute atomic E-state index is 12.3. The fourth-order valence-electron chi connectivity index (χ4n) is 2.35. The summed E-state index contributed by atoms with van der Waals surface area (Å²) >= 11 is 1.36. The highest BCUT2D eigenvalue weighted by Gasteiger charge is 2.19. The first-order valence-corrected chi connectivity index (χ1v) is 8.78. The number of nitrogens with one attached hydrogen (secondary N) is 2. The fraction of sp³-hybridized carbons (Fsp3) is 0.0556. The van der Waals surface area contributed by atoms with Gasteiger partial charge in [-0.3, -0.25) is 14.9 Å². The van der Waals surface area contributed by atoms with Crippen molar-refractivity contribution in [1.82, 2.24) is 15.1 Å². The third-order valence-corrected chi connectivity index (χ3v) is 4.57. The number of aromatic nitrogens is 3. The molecule has 2 N–H and O–H groups in total. The normalized spacial score (nSPS) is 10.7. The number of fused-ring (bicyclic) bond motifs is 1. The van der Waals surface area contributed by atoms with Gasteiger partial charge in [-0.25, -0.2) is 9.97 Å². The highest BCUT2D eigenvalue weighted by Crippen LogP contribution is 2.27. The second kappa shape index (κ2) is 6.96. The average Bonchev–Trinajstić information content (AvgIpc) is 3.29. The fourth-order valence-corrected chi connectivity index (χ4v) is 3.31. The first-order valence-electron chi connectivity index (χ1n) is 7.96. The lowest BCUT2D eigenvalue weighted by molar-refractivity contribution is 0.0980. The summed E-state index contributed by atoms with van der Waals surface area (Å²) in [5, 5.41) is 9.31. The summed E-state index contributed by atoms with van der Waals surface area (Å²) in [7, 11) is 0. The molecule has 1 aromatic carbocycles. The quantitative estimate of drug-likeness (QED) is 0.562. The largest absolute Gasteiger partial charge is 0.350 e. The van der Waals surface area contributed by atoms with E-state index in [-0.39, 0.29) is 11.5 Å². The van der Waals surface area contributed by atoms with E-state index >= 15 is 0 Å². The Labute approximate surface area is 157 Å². The molecule has 4 aromatic rings. The topological polar surface area (TPSA) is 110 Å². The molecule has 0 aliphatic carbocycles. The molecule has 0 atom stereocenters. The lowest BCUT2D eigenvalue weighted by Crippen LogP contribution is -2.13. The van der Waals surface area contributed by atoms with Crippen LogP contribution in [0, 0.1) is 6.92 Å². The lowest BCUT2D eigenvalue weighted by atomic mass is 10.2. The van der Waals surface area contributed by atoms with Crippen LogP contribution < -0.4 is 10.6 Å². The van der Waals surface area contributed by atoms with Crippen molar-refractivity contribution in [2.45, 2.75) is 6.92 Å². The molecule has 0 saturated heterocycles. The summed E-state index contributed by atoms with van der Waals surface area (Å²) in [6.07, 6.45) is 1.55.